The van der Waals surface area contributed by atoms with Crippen LogP contribution in [-0.2, 0) is 0 Å². The fourth-order valence-corrected chi connectivity index (χ4v) is 1.55. The van der Waals surface area contributed by atoms with Crippen LogP contribution in [0.3, 0.4) is 0 Å². The van der Waals surface area contributed by atoms with Crippen molar-refractivity contribution >= 4 is 17.1 Å². The lowest BCUT2D eigenvalue weighted by Crippen LogP contribution is -1.98. The molecular formula is C13H12F2N2O. The Balaban J connectivity index is 2.26. The van der Waals surface area contributed by atoms with E-state index in [-0.39, 0.29) is 11.4 Å². The summed E-state index contributed by atoms with van der Waals surface area (Å²) < 4.78 is 31.1. The molecule has 5 heteroatoms. The molecule has 0 fully saturated rings. The van der Waals surface area contributed by atoms with Gasteiger partial charge in [0.1, 0.15) is 5.82 Å². The van der Waals surface area contributed by atoms with Crippen molar-refractivity contribution in [3.8, 4) is 5.75 Å². The van der Waals surface area contributed by atoms with Gasteiger partial charge in [0.15, 0.2) is 11.6 Å². The number of anilines is 3. The van der Waals surface area contributed by atoms with Crippen molar-refractivity contribution in [3.05, 3.63) is 48.0 Å². The summed E-state index contributed by atoms with van der Waals surface area (Å²) in [6.45, 7) is 0. The highest BCUT2D eigenvalue weighted by molar-refractivity contribution is 5.72. The SMILES string of the molecule is COc1ccc(Nc2ccc(F)cc2N)cc1F. The maximum absolute atomic E-state index is 13.5. The Morgan fingerprint density at radius 3 is 2.50 bits per heavy atom. The minimum absolute atomic E-state index is 0.160. The summed E-state index contributed by atoms with van der Waals surface area (Å²) in [7, 11) is 1.39. The van der Waals surface area contributed by atoms with Gasteiger partial charge >= 0.3 is 0 Å². The predicted octanol–water partition coefficient (Wildman–Crippen LogP) is 3.30. The van der Waals surface area contributed by atoms with Gasteiger partial charge in [-0.25, -0.2) is 8.78 Å². The van der Waals surface area contributed by atoms with Crippen LogP contribution in [0.4, 0.5) is 25.8 Å². The molecule has 0 atom stereocenters. The smallest absolute Gasteiger partial charge is 0.167 e. The molecule has 0 aliphatic heterocycles. The topological polar surface area (TPSA) is 47.3 Å². The van der Waals surface area contributed by atoms with Gasteiger partial charge in [0, 0.05) is 11.8 Å². The zero-order valence-corrected chi connectivity index (χ0v) is 9.71. The second-order valence-electron chi connectivity index (χ2n) is 3.71. The van der Waals surface area contributed by atoms with Crippen LogP contribution in [0, 0.1) is 11.6 Å². The lowest BCUT2D eigenvalue weighted by Gasteiger charge is -2.10. The maximum Gasteiger partial charge on any atom is 0.167 e. The molecule has 18 heavy (non-hydrogen) atoms. The zero-order valence-electron chi connectivity index (χ0n) is 9.71. The molecular weight excluding hydrogens is 238 g/mol. The van der Waals surface area contributed by atoms with Crippen LogP contribution < -0.4 is 15.8 Å². The van der Waals surface area contributed by atoms with Crippen molar-refractivity contribution in [2.45, 2.75) is 0 Å². The number of benzene rings is 2. The van der Waals surface area contributed by atoms with E-state index in [1.165, 1.54) is 37.4 Å². The van der Waals surface area contributed by atoms with Gasteiger partial charge in [0.25, 0.3) is 0 Å². The number of ether oxygens (including phenoxy) is 1. The highest BCUT2D eigenvalue weighted by Crippen LogP contribution is 2.26. The molecule has 0 aliphatic rings. The van der Waals surface area contributed by atoms with Crippen LogP contribution in [0.15, 0.2) is 36.4 Å². The van der Waals surface area contributed by atoms with E-state index in [2.05, 4.69) is 5.32 Å². The lowest BCUT2D eigenvalue weighted by molar-refractivity contribution is 0.386. The number of methoxy groups -OCH3 is 1. The van der Waals surface area contributed by atoms with E-state index in [1.807, 2.05) is 0 Å². The Labute approximate surface area is 103 Å². The number of halogens is 2. The lowest BCUT2D eigenvalue weighted by atomic mass is 10.2. The molecule has 0 aliphatic carbocycles. The van der Waals surface area contributed by atoms with E-state index >= 15 is 0 Å². The van der Waals surface area contributed by atoms with Gasteiger partial charge in [-0.3, -0.25) is 0 Å². The Hall–Kier alpha value is -2.30. The maximum atomic E-state index is 13.5. The normalized spacial score (nSPS) is 10.2. The van der Waals surface area contributed by atoms with Crippen molar-refractivity contribution in [3.63, 3.8) is 0 Å². The molecule has 0 unspecified atom stereocenters. The number of rotatable bonds is 3. The Bertz CT molecular complexity index is 573. The number of nitrogens with one attached hydrogen (secondary N) is 1. The minimum atomic E-state index is -0.483. The number of hydrogen-bond donors (Lipinski definition) is 2. The first-order valence-corrected chi connectivity index (χ1v) is 5.26. The average molecular weight is 250 g/mol. The van der Waals surface area contributed by atoms with Crippen LogP contribution in [0.25, 0.3) is 0 Å². The van der Waals surface area contributed by atoms with E-state index < -0.39 is 11.6 Å². The molecule has 0 spiro atoms. The minimum Gasteiger partial charge on any atom is -0.494 e. The van der Waals surface area contributed by atoms with Crippen molar-refractivity contribution in [2.24, 2.45) is 0 Å². The summed E-state index contributed by atoms with van der Waals surface area (Å²) in [5, 5.41) is 2.90. The fraction of sp³-hybridized carbons (Fsp3) is 0.0769. The second kappa shape index (κ2) is 4.91. The fourth-order valence-electron chi connectivity index (χ4n) is 1.55. The van der Waals surface area contributed by atoms with Crippen molar-refractivity contribution < 1.29 is 13.5 Å². The number of nitrogen functional groups attached to an aromatic ring is 1. The van der Waals surface area contributed by atoms with Crippen molar-refractivity contribution in [1.29, 1.82) is 0 Å². The molecule has 2 rings (SSSR count). The molecule has 0 bridgehead atoms. The molecule has 3 N–H and O–H groups in total. The van der Waals surface area contributed by atoms with E-state index in [1.54, 1.807) is 6.07 Å². The monoisotopic (exact) mass is 250 g/mol. The third-order valence-electron chi connectivity index (χ3n) is 2.44. The van der Waals surface area contributed by atoms with Crippen LogP contribution in [-0.4, -0.2) is 7.11 Å². The molecule has 3 nitrogen and oxygen atoms in total. The van der Waals surface area contributed by atoms with Gasteiger partial charge < -0.3 is 15.8 Å². The Morgan fingerprint density at radius 2 is 1.89 bits per heavy atom. The summed E-state index contributed by atoms with van der Waals surface area (Å²) in [6, 6.07) is 8.39. The molecule has 0 radical (unpaired) electrons. The predicted molar refractivity (Wildman–Crippen MR) is 67.0 cm³/mol. The summed E-state index contributed by atoms with van der Waals surface area (Å²) in [6.07, 6.45) is 0. The van der Waals surface area contributed by atoms with Gasteiger partial charge in [0.05, 0.1) is 18.5 Å². The van der Waals surface area contributed by atoms with E-state index in [0.717, 1.165) is 0 Å². The third kappa shape index (κ3) is 2.51. The molecule has 0 saturated carbocycles. The Morgan fingerprint density at radius 1 is 1.11 bits per heavy atom. The number of hydrogen-bond acceptors (Lipinski definition) is 3. The first kappa shape index (κ1) is 12.2. The van der Waals surface area contributed by atoms with Crippen LogP contribution >= 0.6 is 0 Å². The van der Waals surface area contributed by atoms with E-state index in [9.17, 15) is 8.78 Å². The summed E-state index contributed by atoms with van der Waals surface area (Å²) in [5.74, 6) is -0.741. The second-order valence-corrected chi connectivity index (χ2v) is 3.71. The van der Waals surface area contributed by atoms with Crippen molar-refractivity contribution in [2.75, 3.05) is 18.2 Å². The van der Waals surface area contributed by atoms with Gasteiger partial charge in [-0.05, 0) is 30.3 Å². The number of nitrogens with two attached hydrogens (primary N) is 1. The van der Waals surface area contributed by atoms with Gasteiger partial charge in [-0.15, -0.1) is 0 Å². The molecule has 0 saturated heterocycles. The van der Waals surface area contributed by atoms with Crippen LogP contribution in [0.1, 0.15) is 0 Å². The largest absolute Gasteiger partial charge is 0.494 e. The quantitative estimate of drug-likeness (QED) is 0.822. The first-order chi connectivity index (χ1) is 8.60. The van der Waals surface area contributed by atoms with E-state index in [0.29, 0.717) is 11.4 Å². The zero-order chi connectivity index (χ0) is 13.1. The average Bonchev–Trinajstić information content (AvgIpc) is 2.33. The molecule has 94 valence electrons. The van der Waals surface area contributed by atoms with Gasteiger partial charge in [-0.2, -0.15) is 0 Å². The highest BCUT2D eigenvalue weighted by atomic mass is 19.1. The Kier molecular flexibility index (Phi) is 3.32. The van der Waals surface area contributed by atoms with Crippen molar-refractivity contribution in [1.82, 2.24) is 0 Å². The van der Waals surface area contributed by atoms with E-state index in [4.69, 9.17) is 10.5 Å². The van der Waals surface area contributed by atoms with Gasteiger partial charge in [0.2, 0.25) is 0 Å². The highest BCUT2D eigenvalue weighted by Gasteiger charge is 2.05. The molecule has 0 heterocycles. The molecule has 0 aromatic heterocycles. The molecule has 2 aromatic carbocycles. The molecule has 2 aromatic rings. The summed E-state index contributed by atoms with van der Waals surface area (Å²) in [5.41, 5.74) is 6.92. The summed E-state index contributed by atoms with van der Waals surface area (Å²) >= 11 is 0. The first-order valence-electron chi connectivity index (χ1n) is 5.26. The van der Waals surface area contributed by atoms with Crippen LogP contribution in [0.5, 0.6) is 5.75 Å². The third-order valence-corrected chi connectivity index (χ3v) is 2.44. The molecule has 0 amide bonds. The summed E-state index contributed by atoms with van der Waals surface area (Å²) in [4.78, 5) is 0. The van der Waals surface area contributed by atoms with Gasteiger partial charge in [-0.1, -0.05) is 0 Å². The standard InChI is InChI=1S/C13H12F2N2O/c1-18-13-5-3-9(7-10(13)15)17-12-4-2-8(14)6-11(12)16/h2-7,17H,16H2,1H3. The van der Waals surface area contributed by atoms with Crippen LogP contribution in [0.2, 0.25) is 0 Å².